The minimum Gasteiger partial charge on any atom is -0.396 e. The number of aliphatic hydroxyl groups excluding tert-OH is 1. The zero-order valence-corrected chi connectivity index (χ0v) is 11.0. The molecular weight excluding hydrogens is 198 g/mol. The summed E-state index contributed by atoms with van der Waals surface area (Å²) in [6.45, 7) is 7.12. The standard InChI is InChI=1S/C14H29NO/c1-3-9-15-10-8-13(11-16)14-7-5-4-6-12(14)2/h12-16H,3-11H2,1-2H3. The molecule has 16 heavy (non-hydrogen) atoms. The van der Waals surface area contributed by atoms with Gasteiger partial charge >= 0.3 is 0 Å². The van der Waals surface area contributed by atoms with E-state index in [-0.39, 0.29) is 0 Å². The van der Waals surface area contributed by atoms with E-state index in [9.17, 15) is 5.11 Å². The molecule has 1 aliphatic carbocycles. The van der Waals surface area contributed by atoms with Crippen LogP contribution in [0.4, 0.5) is 0 Å². The molecule has 0 amide bonds. The fourth-order valence-corrected chi connectivity index (χ4v) is 3.08. The zero-order valence-electron chi connectivity index (χ0n) is 11.0. The maximum atomic E-state index is 9.52. The number of hydrogen-bond donors (Lipinski definition) is 2. The van der Waals surface area contributed by atoms with Gasteiger partial charge in [-0.1, -0.05) is 33.1 Å². The molecule has 2 N–H and O–H groups in total. The first-order chi connectivity index (χ1) is 7.79. The third-order valence-corrected chi connectivity index (χ3v) is 4.14. The molecule has 2 heteroatoms. The number of hydrogen-bond acceptors (Lipinski definition) is 2. The van der Waals surface area contributed by atoms with E-state index in [1.165, 1.54) is 32.1 Å². The molecular formula is C14H29NO. The molecule has 3 unspecified atom stereocenters. The van der Waals surface area contributed by atoms with Gasteiger partial charge < -0.3 is 10.4 Å². The van der Waals surface area contributed by atoms with Crippen LogP contribution in [0.1, 0.15) is 52.4 Å². The third-order valence-electron chi connectivity index (χ3n) is 4.14. The van der Waals surface area contributed by atoms with Gasteiger partial charge in [-0.05, 0) is 50.1 Å². The molecule has 0 saturated heterocycles. The van der Waals surface area contributed by atoms with Gasteiger partial charge in [0.2, 0.25) is 0 Å². The Bertz CT molecular complexity index is 172. The molecule has 0 heterocycles. The first-order valence-electron chi connectivity index (χ1n) is 7.11. The Morgan fingerprint density at radius 1 is 1.25 bits per heavy atom. The predicted octanol–water partition coefficient (Wildman–Crippen LogP) is 2.81. The van der Waals surface area contributed by atoms with Crippen LogP contribution in [0.15, 0.2) is 0 Å². The molecule has 3 atom stereocenters. The Kier molecular flexibility index (Phi) is 7.06. The highest BCUT2D eigenvalue weighted by molar-refractivity contribution is 4.79. The second kappa shape index (κ2) is 8.08. The van der Waals surface area contributed by atoms with Crippen LogP contribution in [0.5, 0.6) is 0 Å². The topological polar surface area (TPSA) is 32.3 Å². The lowest BCUT2D eigenvalue weighted by Crippen LogP contribution is -2.30. The minimum absolute atomic E-state index is 0.378. The van der Waals surface area contributed by atoms with E-state index < -0.39 is 0 Å². The molecule has 0 spiro atoms. The SMILES string of the molecule is CCCNCCC(CO)C1CCCCC1C. The van der Waals surface area contributed by atoms with Crippen molar-refractivity contribution in [1.82, 2.24) is 5.32 Å². The lowest BCUT2D eigenvalue weighted by atomic mass is 9.72. The van der Waals surface area contributed by atoms with Crippen molar-refractivity contribution in [3.8, 4) is 0 Å². The maximum Gasteiger partial charge on any atom is 0.0462 e. The van der Waals surface area contributed by atoms with E-state index >= 15 is 0 Å². The Labute approximate surface area is 101 Å². The van der Waals surface area contributed by atoms with E-state index in [2.05, 4.69) is 19.2 Å². The van der Waals surface area contributed by atoms with Gasteiger partial charge in [0.1, 0.15) is 0 Å². The van der Waals surface area contributed by atoms with Crippen LogP contribution in [0, 0.1) is 17.8 Å². The quantitative estimate of drug-likeness (QED) is 0.656. The lowest BCUT2D eigenvalue weighted by Gasteiger charge is -2.34. The average molecular weight is 227 g/mol. The van der Waals surface area contributed by atoms with Gasteiger partial charge in [0, 0.05) is 6.61 Å². The summed E-state index contributed by atoms with van der Waals surface area (Å²) >= 11 is 0. The first-order valence-corrected chi connectivity index (χ1v) is 7.11. The van der Waals surface area contributed by atoms with Gasteiger partial charge in [-0.15, -0.1) is 0 Å². The molecule has 1 saturated carbocycles. The van der Waals surface area contributed by atoms with Crippen LogP contribution >= 0.6 is 0 Å². The van der Waals surface area contributed by atoms with Crippen LogP contribution < -0.4 is 5.32 Å². The average Bonchev–Trinajstić information content (AvgIpc) is 2.31. The maximum absolute atomic E-state index is 9.52. The van der Waals surface area contributed by atoms with Gasteiger partial charge in [0.25, 0.3) is 0 Å². The molecule has 96 valence electrons. The van der Waals surface area contributed by atoms with Gasteiger partial charge in [-0.2, -0.15) is 0 Å². The second-order valence-corrected chi connectivity index (χ2v) is 5.41. The molecule has 1 rings (SSSR count). The summed E-state index contributed by atoms with van der Waals surface area (Å²) in [6, 6.07) is 0. The largest absolute Gasteiger partial charge is 0.396 e. The molecule has 0 bridgehead atoms. The first kappa shape index (κ1) is 14.0. The molecule has 0 aromatic rings. The van der Waals surface area contributed by atoms with E-state index in [1.54, 1.807) is 0 Å². The Morgan fingerprint density at radius 2 is 2.00 bits per heavy atom. The van der Waals surface area contributed by atoms with Crippen molar-refractivity contribution in [3.63, 3.8) is 0 Å². The number of nitrogens with one attached hydrogen (secondary N) is 1. The van der Waals surface area contributed by atoms with Gasteiger partial charge in [-0.25, -0.2) is 0 Å². The zero-order chi connectivity index (χ0) is 11.8. The highest BCUT2D eigenvalue weighted by Gasteiger charge is 2.28. The lowest BCUT2D eigenvalue weighted by molar-refractivity contribution is 0.103. The summed E-state index contributed by atoms with van der Waals surface area (Å²) in [5.74, 6) is 2.11. The molecule has 1 fully saturated rings. The second-order valence-electron chi connectivity index (χ2n) is 5.41. The van der Waals surface area contributed by atoms with E-state index in [4.69, 9.17) is 0 Å². The number of aliphatic hydroxyl groups is 1. The Hall–Kier alpha value is -0.0800. The molecule has 2 nitrogen and oxygen atoms in total. The number of rotatable bonds is 7. The van der Waals surface area contributed by atoms with Crippen LogP contribution in [0.2, 0.25) is 0 Å². The van der Waals surface area contributed by atoms with Crippen molar-refractivity contribution >= 4 is 0 Å². The van der Waals surface area contributed by atoms with Crippen molar-refractivity contribution in [2.45, 2.75) is 52.4 Å². The molecule has 0 aromatic heterocycles. The van der Waals surface area contributed by atoms with Gasteiger partial charge in [-0.3, -0.25) is 0 Å². The molecule has 0 aromatic carbocycles. The summed E-state index contributed by atoms with van der Waals surface area (Å²) < 4.78 is 0. The highest BCUT2D eigenvalue weighted by Crippen LogP contribution is 2.35. The molecule has 1 aliphatic rings. The molecule has 0 radical (unpaired) electrons. The fraction of sp³-hybridized carbons (Fsp3) is 1.00. The van der Waals surface area contributed by atoms with Gasteiger partial charge in [0.15, 0.2) is 0 Å². The normalized spacial score (nSPS) is 27.9. The van der Waals surface area contributed by atoms with Crippen molar-refractivity contribution in [2.75, 3.05) is 19.7 Å². The van der Waals surface area contributed by atoms with Crippen molar-refractivity contribution < 1.29 is 5.11 Å². The van der Waals surface area contributed by atoms with Gasteiger partial charge in [0.05, 0.1) is 0 Å². The summed E-state index contributed by atoms with van der Waals surface area (Å²) in [4.78, 5) is 0. The summed E-state index contributed by atoms with van der Waals surface area (Å²) in [7, 11) is 0. The van der Waals surface area contributed by atoms with Crippen molar-refractivity contribution in [3.05, 3.63) is 0 Å². The van der Waals surface area contributed by atoms with Crippen molar-refractivity contribution in [2.24, 2.45) is 17.8 Å². The third kappa shape index (κ3) is 4.42. The summed E-state index contributed by atoms with van der Waals surface area (Å²) in [5.41, 5.74) is 0. The summed E-state index contributed by atoms with van der Waals surface area (Å²) in [6.07, 6.45) is 7.80. The fourth-order valence-electron chi connectivity index (χ4n) is 3.08. The van der Waals surface area contributed by atoms with E-state index in [1.807, 2.05) is 0 Å². The van der Waals surface area contributed by atoms with E-state index in [0.29, 0.717) is 12.5 Å². The van der Waals surface area contributed by atoms with Crippen LogP contribution in [-0.4, -0.2) is 24.8 Å². The minimum atomic E-state index is 0.378. The van der Waals surface area contributed by atoms with Crippen LogP contribution in [0.25, 0.3) is 0 Å². The highest BCUT2D eigenvalue weighted by atomic mass is 16.3. The van der Waals surface area contributed by atoms with Crippen LogP contribution in [0.3, 0.4) is 0 Å². The van der Waals surface area contributed by atoms with Crippen LogP contribution in [-0.2, 0) is 0 Å². The Morgan fingerprint density at radius 3 is 2.62 bits per heavy atom. The Balaban J connectivity index is 2.28. The van der Waals surface area contributed by atoms with Crippen molar-refractivity contribution in [1.29, 1.82) is 0 Å². The smallest absolute Gasteiger partial charge is 0.0462 e. The summed E-state index contributed by atoms with van der Waals surface area (Å²) in [5, 5.41) is 13.0. The monoisotopic (exact) mass is 227 g/mol. The molecule has 0 aliphatic heterocycles. The predicted molar refractivity (Wildman–Crippen MR) is 69.5 cm³/mol. The van der Waals surface area contributed by atoms with E-state index in [0.717, 1.165) is 31.3 Å².